The van der Waals surface area contributed by atoms with Crippen molar-refractivity contribution in [1.82, 2.24) is 0 Å². The highest BCUT2D eigenvalue weighted by Gasteiger charge is 2.33. The zero-order chi connectivity index (χ0) is 18.1. The number of fused-ring (bicyclic) bond motifs is 1. The van der Waals surface area contributed by atoms with Crippen LogP contribution in [0.4, 0.5) is 11.4 Å². The molecule has 5 nitrogen and oxygen atoms in total. The maximum absolute atomic E-state index is 12.5. The average Bonchev–Trinajstić information content (AvgIpc) is 2.56. The van der Waals surface area contributed by atoms with Gasteiger partial charge in [0.15, 0.2) is 6.10 Å². The number of nitrogens with one attached hydrogen (secondary N) is 1. The molecule has 7 heteroatoms. The molecule has 0 spiro atoms. The molecule has 0 saturated carbocycles. The lowest BCUT2D eigenvalue weighted by atomic mass is 10.1. The second-order valence-electron chi connectivity index (χ2n) is 5.80. The first-order valence-electron chi connectivity index (χ1n) is 7.69. The maximum atomic E-state index is 12.5. The van der Waals surface area contributed by atoms with Gasteiger partial charge in [0.2, 0.25) is 5.91 Å². The van der Waals surface area contributed by atoms with Crippen molar-refractivity contribution in [2.24, 2.45) is 0 Å². The monoisotopic (exact) mass is 378 g/mol. The van der Waals surface area contributed by atoms with Crippen LogP contribution < -0.4 is 15.0 Å². The molecule has 25 heavy (non-hydrogen) atoms. The first-order valence-corrected chi connectivity index (χ1v) is 8.44. The summed E-state index contributed by atoms with van der Waals surface area (Å²) in [5.74, 6) is -0.116. The van der Waals surface area contributed by atoms with E-state index in [4.69, 9.17) is 27.9 Å². The fraction of sp³-hybridized carbons (Fsp3) is 0.222. The Morgan fingerprint density at radius 2 is 1.88 bits per heavy atom. The summed E-state index contributed by atoms with van der Waals surface area (Å²) in [4.78, 5) is 26.3. The smallest absolute Gasteiger partial charge is 0.268 e. The average molecular weight is 379 g/mol. The standard InChI is InChI=1S/C18H16Cl2N2O3/c1-10-3-4-12(19)7-14(10)21-17(23)9-22-15-8-13(20)5-6-16(15)25-11(2)18(22)24/h3-8,11H,9H2,1-2H3,(H,21,23). The third-order valence-electron chi connectivity index (χ3n) is 3.90. The van der Waals surface area contributed by atoms with Crippen LogP contribution in [0.3, 0.4) is 0 Å². The molecule has 1 aliphatic rings. The number of hydrogen-bond donors (Lipinski definition) is 1. The lowest BCUT2D eigenvalue weighted by molar-refractivity contribution is -0.127. The van der Waals surface area contributed by atoms with E-state index in [1.165, 1.54) is 4.90 Å². The van der Waals surface area contributed by atoms with Crippen molar-refractivity contribution in [1.29, 1.82) is 0 Å². The molecule has 2 amide bonds. The molecule has 0 aliphatic carbocycles. The van der Waals surface area contributed by atoms with Crippen LogP contribution >= 0.6 is 23.2 Å². The molecular weight excluding hydrogens is 363 g/mol. The van der Waals surface area contributed by atoms with Gasteiger partial charge in [-0.25, -0.2) is 0 Å². The van der Waals surface area contributed by atoms with E-state index < -0.39 is 6.10 Å². The van der Waals surface area contributed by atoms with Gasteiger partial charge >= 0.3 is 0 Å². The summed E-state index contributed by atoms with van der Waals surface area (Å²) in [5, 5.41) is 3.77. The molecule has 3 rings (SSSR count). The Morgan fingerprint density at radius 3 is 2.64 bits per heavy atom. The molecule has 0 bridgehead atoms. The van der Waals surface area contributed by atoms with E-state index in [1.807, 2.05) is 13.0 Å². The first-order chi connectivity index (χ1) is 11.8. The normalized spacial score (nSPS) is 16.2. The van der Waals surface area contributed by atoms with Crippen LogP contribution in [0, 0.1) is 6.92 Å². The summed E-state index contributed by atoms with van der Waals surface area (Å²) in [6.45, 7) is 3.36. The number of anilines is 2. The van der Waals surface area contributed by atoms with E-state index in [2.05, 4.69) is 5.32 Å². The summed E-state index contributed by atoms with van der Waals surface area (Å²) >= 11 is 12.0. The van der Waals surface area contributed by atoms with E-state index in [-0.39, 0.29) is 18.4 Å². The number of rotatable bonds is 3. The number of amides is 2. The number of carbonyl (C=O) groups is 2. The van der Waals surface area contributed by atoms with Gasteiger partial charge in [0.1, 0.15) is 12.3 Å². The van der Waals surface area contributed by atoms with Crippen molar-refractivity contribution in [3.63, 3.8) is 0 Å². The molecule has 1 atom stereocenters. The predicted molar refractivity (Wildman–Crippen MR) is 98.7 cm³/mol. The Morgan fingerprint density at radius 1 is 1.20 bits per heavy atom. The first kappa shape index (κ1) is 17.6. The number of aryl methyl sites for hydroxylation is 1. The van der Waals surface area contributed by atoms with Crippen LogP contribution in [0.1, 0.15) is 12.5 Å². The second-order valence-corrected chi connectivity index (χ2v) is 6.68. The number of benzene rings is 2. The van der Waals surface area contributed by atoms with Crippen LogP contribution in [0.25, 0.3) is 0 Å². The molecule has 130 valence electrons. The summed E-state index contributed by atoms with van der Waals surface area (Å²) in [7, 11) is 0. The van der Waals surface area contributed by atoms with Gasteiger partial charge in [-0.2, -0.15) is 0 Å². The van der Waals surface area contributed by atoms with Crippen molar-refractivity contribution in [3.05, 3.63) is 52.0 Å². The zero-order valence-corrected chi connectivity index (χ0v) is 15.2. The minimum Gasteiger partial charge on any atom is -0.479 e. The molecule has 1 unspecified atom stereocenters. The number of carbonyl (C=O) groups excluding carboxylic acids is 2. The van der Waals surface area contributed by atoms with Crippen molar-refractivity contribution >= 4 is 46.4 Å². The summed E-state index contributed by atoms with van der Waals surface area (Å²) in [5.41, 5.74) is 1.97. The van der Waals surface area contributed by atoms with E-state index in [0.29, 0.717) is 27.2 Å². The fourth-order valence-electron chi connectivity index (χ4n) is 2.61. The van der Waals surface area contributed by atoms with E-state index in [0.717, 1.165) is 5.56 Å². The molecule has 1 aliphatic heterocycles. The Hall–Kier alpha value is -2.24. The van der Waals surface area contributed by atoms with Gasteiger partial charge in [-0.15, -0.1) is 0 Å². The SMILES string of the molecule is Cc1ccc(Cl)cc1NC(=O)CN1C(=O)C(C)Oc2ccc(Cl)cc21. The van der Waals surface area contributed by atoms with Crippen LogP contribution in [0.2, 0.25) is 10.0 Å². The van der Waals surface area contributed by atoms with Gasteiger partial charge in [0.25, 0.3) is 5.91 Å². The molecular formula is C18H16Cl2N2O3. The number of hydrogen-bond acceptors (Lipinski definition) is 3. The molecule has 0 fully saturated rings. The Kier molecular flexibility index (Phi) is 4.88. The summed E-state index contributed by atoms with van der Waals surface area (Å²) < 4.78 is 5.56. The predicted octanol–water partition coefficient (Wildman–Crippen LogP) is 4.05. The van der Waals surface area contributed by atoms with Gasteiger partial charge in [0, 0.05) is 15.7 Å². The summed E-state index contributed by atoms with van der Waals surface area (Å²) in [6, 6.07) is 10.2. The van der Waals surface area contributed by atoms with Gasteiger partial charge < -0.3 is 10.1 Å². The zero-order valence-electron chi connectivity index (χ0n) is 13.7. The summed E-state index contributed by atoms with van der Waals surface area (Å²) in [6.07, 6.45) is -0.672. The van der Waals surface area contributed by atoms with Crippen LogP contribution in [-0.4, -0.2) is 24.5 Å². The highest BCUT2D eigenvalue weighted by Crippen LogP contribution is 2.36. The van der Waals surface area contributed by atoms with Crippen LogP contribution in [-0.2, 0) is 9.59 Å². The number of halogens is 2. The van der Waals surface area contributed by atoms with Crippen molar-refractivity contribution in [3.8, 4) is 5.75 Å². The third-order valence-corrected chi connectivity index (χ3v) is 4.37. The lowest BCUT2D eigenvalue weighted by Gasteiger charge is -2.32. The molecule has 1 heterocycles. The van der Waals surface area contributed by atoms with Gasteiger partial charge in [-0.1, -0.05) is 29.3 Å². The molecule has 1 N–H and O–H groups in total. The Balaban J connectivity index is 1.84. The number of nitrogens with zero attached hydrogens (tertiary/aromatic N) is 1. The fourth-order valence-corrected chi connectivity index (χ4v) is 2.94. The van der Waals surface area contributed by atoms with Gasteiger partial charge in [-0.05, 0) is 49.7 Å². The van der Waals surface area contributed by atoms with E-state index in [9.17, 15) is 9.59 Å². The topological polar surface area (TPSA) is 58.6 Å². The van der Waals surface area contributed by atoms with Crippen molar-refractivity contribution in [2.75, 3.05) is 16.8 Å². The Labute approximate surface area is 155 Å². The second kappa shape index (κ2) is 6.94. The molecule has 0 radical (unpaired) electrons. The lowest BCUT2D eigenvalue weighted by Crippen LogP contribution is -2.47. The highest BCUT2D eigenvalue weighted by atomic mass is 35.5. The Bertz CT molecular complexity index is 854. The minimum absolute atomic E-state index is 0.147. The number of ether oxygens (including phenoxy) is 1. The highest BCUT2D eigenvalue weighted by molar-refractivity contribution is 6.31. The van der Waals surface area contributed by atoms with Crippen molar-refractivity contribution in [2.45, 2.75) is 20.0 Å². The molecule has 2 aromatic rings. The van der Waals surface area contributed by atoms with E-state index >= 15 is 0 Å². The maximum Gasteiger partial charge on any atom is 0.268 e. The van der Waals surface area contributed by atoms with Crippen LogP contribution in [0.15, 0.2) is 36.4 Å². The quantitative estimate of drug-likeness (QED) is 0.875. The van der Waals surface area contributed by atoms with E-state index in [1.54, 1.807) is 37.3 Å². The third kappa shape index (κ3) is 3.72. The molecule has 0 aromatic heterocycles. The molecule has 2 aromatic carbocycles. The largest absolute Gasteiger partial charge is 0.479 e. The van der Waals surface area contributed by atoms with Crippen LogP contribution in [0.5, 0.6) is 5.75 Å². The van der Waals surface area contributed by atoms with Crippen molar-refractivity contribution < 1.29 is 14.3 Å². The molecule has 0 saturated heterocycles. The van der Waals surface area contributed by atoms with Gasteiger partial charge in [-0.3, -0.25) is 14.5 Å². The van der Waals surface area contributed by atoms with Gasteiger partial charge in [0.05, 0.1) is 5.69 Å². The minimum atomic E-state index is -0.672.